The molecule has 0 aliphatic carbocycles. The molecule has 254 valence electrons. The Morgan fingerprint density at radius 1 is 0.698 bits per heavy atom. The van der Waals surface area contributed by atoms with E-state index in [4.69, 9.17) is 4.74 Å². The van der Waals surface area contributed by atoms with Crippen LogP contribution in [0.3, 0.4) is 0 Å². The number of hydrogen-bond acceptors (Lipinski definition) is 5. The lowest BCUT2D eigenvalue weighted by molar-refractivity contribution is -0.215. The van der Waals surface area contributed by atoms with Crippen molar-refractivity contribution < 1.29 is 9.84 Å². The van der Waals surface area contributed by atoms with Gasteiger partial charge in [-0.25, -0.2) is 0 Å². The fourth-order valence-corrected chi connectivity index (χ4v) is 6.79. The molecular formula is C38H73NO2S2. The molecule has 0 aromatic rings. The van der Waals surface area contributed by atoms with Crippen LogP contribution in [0.2, 0.25) is 0 Å². The maximum Gasteiger partial charge on any atom is 0.165 e. The lowest BCUT2D eigenvalue weighted by atomic mass is 9.98. The Kier molecular flexibility index (Phi) is 28.1. The van der Waals surface area contributed by atoms with Crippen molar-refractivity contribution in [3.05, 3.63) is 24.3 Å². The van der Waals surface area contributed by atoms with Gasteiger partial charge in [0, 0.05) is 23.3 Å². The molecule has 2 atom stereocenters. The first-order valence-corrected chi connectivity index (χ1v) is 20.3. The van der Waals surface area contributed by atoms with Gasteiger partial charge in [0.25, 0.3) is 0 Å². The topological polar surface area (TPSA) is 41.5 Å². The maximum atomic E-state index is 11.5. The molecule has 43 heavy (non-hydrogen) atoms. The van der Waals surface area contributed by atoms with Gasteiger partial charge in [-0.1, -0.05) is 108 Å². The number of hydrogen-bond donors (Lipinski definition) is 3. The molecule has 0 amide bonds. The quantitative estimate of drug-likeness (QED) is 0.0215. The highest BCUT2D eigenvalue weighted by molar-refractivity contribution is 8.07. The van der Waals surface area contributed by atoms with Crippen molar-refractivity contribution in [2.45, 2.75) is 184 Å². The Morgan fingerprint density at radius 3 is 1.53 bits per heavy atom. The van der Waals surface area contributed by atoms with E-state index in [1.54, 1.807) is 0 Å². The SMILES string of the molecule is CCCCCC/C=C\CCCCCCCCC(O)(CCCCCCCC/C=C\CCCCCS)OCC1(CCNC)CS1. The third-order valence-corrected chi connectivity index (χ3v) is 10.7. The number of unbranched alkanes of at least 4 members (excludes halogenated alkanes) is 19. The highest BCUT2D eigenvalue weighted by atomic mass is 32.2. The summed E-state index contributed by atoms with van der Waals surface area (Å²) < 4.78 is 6.61. The zero-order chi connectivity index (χ0) is 31.2. The molecule has 0 aromatic heterocycles. The van der Waals surface area contributed by atoms with Crippen molar-refractivity contribution in [3.63, 3.8) is 0 Å². The second-order valence-corrected chi connectivity index (χ2v) is 15.1. The number of ether oxygens (including phenoxy) is 1. The zero-order valence-corrected chi connectivity index (χ0v) is 30.4. The van der Waals surface area contributed by atoms with Gasteiger partial charge in [0.15, 0.2) is 5.79 Å². The number of thiol groups is 1. The van der Waals surface area contributed by atoms with E-state index in [1.807, 2.05) is 18.8 Å². The molecule has 1 heterocycles. The van der Waals surface area contributed by atoms with E-state index in [1.165, 1.54) is 141 Å². The van der Waals surface area contributed by atoms with Crippen LogP contribution in [0, 0.1) is 0 Å². The largest absolute Gasteiger partial charge is 0.365 e. The highest BCUT2D eigenvalue weighted by Gasteiger charge is 2.45. The van der Waals surface area contributed by atoms with Crippen molar-refractivity contribution >= 4 is 24.4 Å². The predicted molar refractivity (Wildman–Crippen MR) is 198 cm³/mol. The Morgan fingerprint density at radius 2 is 1.12 bits per heavy atom. The summed E-state index contributed by atoms with van der Waals surface area (Å²) in [4.78, 5) is 0. The van der Waals surface area contributed by atoms with E-state index in [2.05, 4.69) is 49.2 Å². The van der Waals surface area contributed by atoms with Crippen LogP contribution in [0.1, 0.15) is 174 Å². The summed E-state index contributed by atoms with van der Waals surface area (Å²) in [5, 5.41) is 14.8. The van der Waals surface area contributed by atoms with Gasteiger partial charge < -0.3 is 15.2 Å². The predicted octanol–water partition coefficient (Wildman–Crippen LogP) is 11.6. The summed E-state index contributed by atoms with van der Waals surface area (Å²) in [5.41, 5.74) is 0. The monoisotopic (exact) mass is 640 g/mol. The molecule has 0 saturated carbocycles. The summed E-state index contributed by atoms with van der Waals surface area (Å²) in [6.45, 7) is 4.00. The second-order valence-electron chi connectivity index (χ2n) is 13.2. The summed E-state index contributed by atoms with van der Waals surface area (Å²) in [6, 6.07) is 0. The first kappa shape index (κ1) is 41.1. The minimum absolute atomic E-state index is 0.238. The number of aliphatic hydroxyl groups is 1. The summed E-state index contributed by atoms with van der Waals surface area (Å²) in [6.07, 6.45) is 41.6. The molecule has 0 radical (unpaired) electrons. The third-order valence-electron chi connectivity index (χ3n) is 8.95. The molecule has 3 nitrogen and oxygen atoms in total. The molecular weight excluding hydrogens is 567 g/mol. The Balaban J connectivity index is 2.19. The van der Waals surface area contributed by atoms with Crippen LogP contribution < -0.4 is 5.32 Å². The van der Waals surface area contributed by atoms with Crippen LogP contribution in [-0.4, -0.2) is 47.3 Å². The van der Waals surface area contributed by atoms with E-state index < -0.39 is 5.79 Å². The number of allylic oxidation sites excluding steroid dienone is 4. The number of rotatable bonds is 34. The smallest absolute Gasteiger partial charge is 0.165 e. The Labute approximate surface area is 279 Å². The summed E-state index contributed by atoms with van der Waals surface area (Å²) in [5.74, 6) is 1.25. The van der Waals surface area contributed by atoms with Gasteiger partial charge in [-0.05, 0) is 96.4 Å². The van der Waals surface area contributed by atoms with E-state index in [-0.39, 0.29) is 4.75 Å². The maximum absolute atomic E-state index is 11.5. The molecule has 0 aromatic carbocycles. The lowest BCUT2D eigenvalue weighted by Crippen LogP contribution is -2.37. The molecule has 1 rings (SSSR count). The van der Waals surface area contributed by atoms with Crippen LogP contribution in [0.5, 0.6) is 0 Å². The molecule has 5 heteroatoms. The summed E-state index contributed by atoms with van der Waals surface area (Å²) in [7, 11) is 2.02. The first-order valence-electron chi connectivity index (χ1n) is 18.7. The molecule has 0 spiro atoms. The van der Waals surface area contributed by atoms with Crippen LogP contribution >= 0.6 is 24.4 Å². The van der Waals surface area contributed by atoms with Crippen LogP contribution in [-0.2, 0) is 4.74 Å². The number of thioether (sulfide) groups is 1. The molecule has 1 aliphatic heterocycles. The second kappa shape index (κ2) is 29.5. The standard InChI is InChI=1S/C38H73NO2S2/c1-3-4-5-6-7-8-9-10-12-15-18-21-24-27-30-38(40,41-35-37(36-43-37)32-33-39-2)31-28-25-22-19-16-13-11-14-17-20-23-26-29-34-42/h8-9,14,17,39-40,42H,3-7,10-13,15-16,18-36H2,1-2H3/b9-8-,17-14-. The minimum atomic E-state index is -0.935. The van der Waals surface area contributed by atoms with Gasteiger partial charge in [0.2, 0.25) is 0 Å². The van der Waals surface area contributed by atoms with E-state index in [0.717, 1.165) is 44.4 Å². The average Bonchev–Trinajstić information content (AvgIpc) is 3.79. The van der Waals surface area contributed by atoms with Crippen molar-refractivity contribution in [1.29, 1.82) is 0 Å². The van der Waals surface area contributed by atoms with Gasteiger partial charge in [0.1, 0.15) is 0 Å². The number of nitrogens with one attached hydrogen (secondary N) is 1. The van der Waals surface area contributed by atoms with E-state index in [9.17, 15) is 5.11 Å². The van der Waals surface area contributed by atoms with Crippen LogP contribution in [0.15, 0.2) is 24.3 Å². The molecule has 2 unspecified atom stereocenters. The van der Waals surface area contributed by atoms with Crippen LogP contribution in [0.4, 0.5) is 0 Å². The van der Waals surface area contributed by atoms with Crippen molar-refractivity contribution in [2.24, 2.45) is 0 Å². The van der Waals surface area contributed by atoms with Crippen molar-refractivity contribution in [1.82, 2.24) is 5.32 Å². The van der Waals surface area contributed by atoms with E-state index in [0.29, 0.717) is 6.61 Å². The Bertz CT molecular complexity index is 612. The fourth-order valence-electron chi connectivity index (χ4n) is 5.74. The first-order chi connectivity index (χ1) is 21.1. The molecule has 1 aliphatic rings. The van der Waals surface area contributed by atoms with Gasteiger partial charge >= 0.3 is 0 Å². The molecule has 2 N–H and O–H groups in total. The van der Waals surface area contributed by atoms with Gasteiger partial charge in [0.05, 0.1) is 6.61 Å². The van der Waals surface area contributed by atoms with Crippen LogP contribution in [0.25, 0.3) is 0 Å². The molecule has 1 saturated heterocycles. The zero-order valence-electron chi connectivity index (χ0n) is 28.7. The fraction of sp³-hybridized carbons (Fsp3) is 0.895. The minimum Gasteiger partial charge on any atom is -0.365 e. The van der Waals surface area contributed by atoms with Crippen molar-refractivity contribution in [3.8, 4) is 0 Å². The van der Waals surface area contributed by atoms with Crippen molar-refractivity contribution in [2.75, 3.05) is 31.7 Å². The van der Waals surface area contributed by atoms with Gasteiger partial charge in [-0.15, -0.1) is 0 Å². The average molecular weight is 640 g/mol. The lowest BCUT2D eigenvalue weighted by Gasteiger charge is -2.30. The van der Waals surface area contributed by atoms with Gasteiger partial charge in [-0.3, -0.25) is 0 Å². The third kappa shape index (κ3) is 25.9. The molecule has 1 fully saturated rings. The normalized spacial score (nSPS) is 18.2. The molecule has 0 bridgehead atoms. The highest BCUT2D eigenvalue weighted by Crippen LogP contribution is 2.48. The van der Waals surface area contributed by atoms with E-state index >= 15 is 0 Å². The summed E-state index contributed by atoms with van der Waals surface area (Å²) >= 11 is 6.29. The Hall–Kier alpha value is 0.0600. The van der Waals surface area contributed by atoms with Gasteiger partial charge in [-0.2, -0.15) is 24.4 Å².